The molecular formula is C12H18BrNO2. The number of hydrogen-bond donors (Lipinski definition) is 1. The van der Waals surface area contributed by atoms with E-state index in [-0.39, 0.29) is 6.79 Å². The van der Waals surface area contributed by atoms with E-state index in [1.807, 2.05) is 12.1 Å². The van der Waals surface area contributed by atoms with E-state index >= 15 is 0 Å². The third-order valence-electron chi connectivity index (χ3n) is 2.04. The molecular weight excluding hydrogens is 270 g/mol. The van der Waals surface area contributed by atoms with Crippen LogP contribution in [0, 0.1) is 0 Å². The molecule has 0 unspecified atom stereocenters. The number of methoxy groups -OCH3 is 1. The first kappa shape index (κ1) is 13.5. The molecule has 1 aromatic carbocycles. The molecule has 0 radical (unpaired) electrons. The molecule has 3 nitrogen and oxygen atoms in total. The third-order valence-corrected chi connectivity index (χ3v) is 2.66. The minimum Gasteiger partial charge on any atom is -0.466 e. The van der Waals surface area contributed by atoms with Crippen LogP contribution in [-0.2, 0) is 11.3 Å². The lowest BCUT2D eigenvalue weighted by Crippen LogP contribution is -2.21. The van der Waals surface area contributed by atoms with Crippen molar-refractivity contribution in [2.75, 3.05) is 13.9 Å². The molecule has 0 saturated heterocycles. The summed E-state index contributed by atoms with van der Waals surface area (Å²) >= 11 is 3.48. The predicted molar refractivity (Wildman–Crippen MR) is 68.6 cm³/mol. The Bertz CT molecular complexity index is 329. The molecule has 0 heterocycles. The van der Waals surface area contributed by atoms with Gasteiger partial charge < -0.3 is 14.8 Å². The van der Waals surface area contributed by atoms with Gasteiger partial charge in [0.1, 0.15) is 5.75 Å². The van der Waals surface area contributed by atoms with E-state index in [1.54, 1.807) is 7.11 Å². The minimum absolute atomic E-state index is 0.266. The van der Waals surface area contributed by atoms with Crippen molar-refractivity contribution in [3.63, 3.8) is 0 Å². The Morgan fingerprint density at radius 1 is 1.38 bits per heavy atom. The van der Waals surface area contributed by atoms with Gasteiger partial charge in [-0.15, -0.1) is 0 Å². The number of halogens is 1. The summed E-state index contributed by atoms with van der Waals surface area (Å²) in [4.78, 5) is 0. The van der Waals surface area contributed by atoms with Gasteiger partial charge in [0.15, 0.2) is 6.79 Å². The maximum absolute atomic E-state index is 5.38. The number of rotatable bonds is 6. The molecule has 16 heavy (non-hydrogen) atoms. The Hall–Kier alpha value is -0.580. The van der Waals surface area contributed by atoms with Gasteiger partial charge in [-0.05, 0) is 33.6 Å². The van der Waals surface area contributed by atoms with Crippen molar-refractivity contribution in [1.82, 2.24) is 5.32 Å². The summed E-state index contributed by atoms with van der Waals surface area (Å²) < 4.78 is 11.2. The first-order valence-electron chi connectivity index (χ1n) is 5.27. The number of benzene rings is 1. The first-order chi connectivity index (χ1) is 7.63. The summed E-state index contributed by atoms with van der Waals surface area (Å²) in [6, 6.07) is 6.54. The summed E-state index contributed by atoms with van der Waals surface area (Å²) in [5, 5.41) is 3.37. The highest BCUT2D eigenvalue weighted by molar-refractivity contribution is 9.10. The average molecular weight is 288 g/mol. The van der Waals surface area contributed by atoms with Crippen molar-refractivity contribution in [2.45, 2.75) is 26.4 Å². The zero-order valence-electron chi connectivity index (χ0n) is 9.92. The second kappa shape index (κ2) is 6.89. The Labute approximate surface area is 105 Å². The third kappa shape index (κ3) is 4.51. The zero-order valence-corrected chi connectivity index (χ0v) is 11.5. The largest absolute Gasteiger partial charge is 0.466 e. The van der Waals surface area contributed by atoms with E-state index in [4.69, 9.17) is 9.47 Å². The quantitative estimate of drug-likeness (QED) is 0.816. The molecule has 1 N–H and O–H groups in total. The number of hydrogen-bond acceptors (Lipinski definition) is 3. The molecule has 0 amide bonds. The summed E-state index contributed by atoms with van der Waals surface area (Å²) in [5.41, 5.74) is 1.23. The van der Waals surface area contributed by atoms with Crippen LogP contribution in [0.15, 0.2) is 22.7 Å². The first-order valence-corrected chi connectivity index (χ1v) is 6.06. The van der Waals surface area contributed by atoms with Gasteiger partial charge in [0.2, 0.25) is 0 Å². The number of ether oxygens (including phenoxy) is 2. The van der Waals surface area contributed by atoms with Crippen molar-refractivity contribution in [1.29, 1.82) is 0 Å². The lowest BCUT2D eigenvalue weighted by molar-refractivity contribution is 0.0506. The van der Waals surface area contributed by atoms with Gasteiger partial charge in [-0.1, -0.05) is 19.9 Å². The number of nitrogens with one attached hydrogen (secondary N) is 1. The Balaban J connectivity index is 2.59. The van der Waals surface area contributed by atoms with Crippen LogP contribution in [0.25, 0.3) is 0 Å². The van der Waals surface area contributed by atoms with Crippen LogP contribution < -0.4 is 10.1 Å². The molecule has 0 aliphatic carbocycles. The Kier molecular flexibility index (Phi) is 5.80. The normalized spacial score (nSPS) is 10.8. The van der Waals surface area contributed by atoms with Crippen LogP contribution >= 0.6 is 15.9 Å². The van der Waals surface area contributed by atoms with Crippen LogP contribution in [0.2, 0.25) is 0 Å². The van der Waals surface area contributed by atoms with Crippen LogP contribution in [-0.4, -0.2) is 19.9 Å². The molecule has 0 bridgehead atoms. The Morgan fingerprint density at radius 3 is 2.69 bits per heavy atom. The lowest BCUT2D eigenvalue weighted by Gasteiger charge is -2.11. The highest BCUT2D eigenvalue weighted by Gasteiger charge is 2.03. The highest BCUT2D eigenvalue weighted by Crippen LogP contribution is 2.25. The fraction of sp³-hybridized carbons (Fsp3) is 0.500. The van der Waals surface area contributed by atoms with Crippen LogP contribution in [0.4, 0.5) is 0 Å². The van der Waals surface area contributed by atoms with E-state index in [0.717, 1.165) is 16.8 Å². The standard InChI is InChI=1S/C12H18BrNO2/c1-9(2)14-7-10-4-5-12(11(13)6-10)16-8-15-3/h4-6,9,14H,7-8H2,1-3H3. The van der Waals surface area contributed by atoms with E-state index < -0.39 is 0 Å². The van der Waals surface area contributed by atoms with Crippen molar-refractivity contribution >= 4 is 15.9 Å². The monoisotopic (exact) mass is 287 g/mol. The van der Waals surface area contributed by atoms with E-state index in [2.05, 4.69) is 41.2 Å². The summed E-state index contributed by atoms with van der Waals surface area (Å²) in [7, 11) is 1.61. The molecule has 0 aliphatic rings. The highest BCUT2D eigenvalue weighted by atomic mass is 79.9. The van der Waals surface area contributed by atoms with Crippen molar-refractivity contribution in [2.24, 2.45) is 0 Å². The van der Waals surface area contributed by atoms with Gasteiger partial charge in [0, 0.05) is 19.7 Å². The van der Waals surface area contributed by atoms with Crippen molar-refractivity contribution < 1.29 is 9.47 Å². The molecule has 0 aromatic heterocycles. The Morgan fingerprint density at radius 2 is 2.12 bits per heavy atom. The second-order valence-corrected chi connectivity index (χ2v) is 4.71. The molecule has 0 aliphatic heterocycles. The van der Waals surface area contributed by atoms with E-state index in [9.17, 15) is 0 Å². The predicted octanol–water partition coefficient (Wildman–Crippen LogP) is 2.93. The van der Waals surface area contributed by atoms with Gasteiger partial charge in [-0.25, -0.2) is 0 Å². The van der Waals surface area contributed by atoms with Gasteiger partial charge in [0.25, 0.3) is 0 Å². The summed E-state index contributed by atoms with van der Waals surface area (Å²) in [6.45, 7) is 5.39. The molecule has 1 aromatic rings. The zero-order chi connectivity index (χ0) is 12.0. The maximum atomic E-state index is 5.38. The molecule has 0 fully saturated rings. The van der Waals surface area contributed by atoms with E-state index in [0.29, 0.717) is 6.04 Å². The molecule has 0 saturated carbocycles. The van der Waals surface area contributed by atoms with Gasteiger partial charge in [-0.3, -0.25) is 0 Å². The average Bonchev–Trinajstić information content (AvgIpc) is 2.25. The fourth-order valence-electron chi connectivity index (χ4n) is 1.22. The summed E-state index contributed by atoms with van der Waals surface area (Å²) in [5.74, 6) is 0.801. The maximum Gasteiger partial charge on any atom is 0.188 e. The van der Waals surface area contributed by atoms with Gasteiger partial charge in [-0.2, -0.15) is 0 Å². The molecule has 0 spiro atoms. The SMILES string of the molecule is COCOc1ccc(CNC(C)C)cc1Br. The minimum atomic E-state index is 0.266. The van der Waals surface area contributed by atoms with E-state index in [1.165, 1.54) is 5.56 Å². The summed E-state index contributed by atoms with van der Waals surface area (Å²) in [6.07, 6.45) is 0. The molecule has 0 atom stereocenters. The molecule has 1 rings (SSSR count). The second-order valence-electron chi connectivity index (χ2n) is 3.85. The molecule has 90 valence electrons. The van der Waals surface area contributed by atoms with Crippen molar-refractivity contribution in [3.05, 3.63) is 28.2 Å². The smallest absolute Gasteiger partial charge is 0.188 e. The van der Waals surface area contributed by atoms with Gasteiger partial charge in [0.05, 0.1) is 4.47 Å². The topological polar surface area (TPSA) is 30.5 Å². The van der Waals surface area contributed by atoms with Crippen LogP contribution in [0.5, 0.6) is 5.75 Å². The van der Waals surface area contributed by atoms with Crippen molar-refractivity contribution in [3.8, 4) is 5.75 Å². The van der Waals surface area contributed by atoms with Crippen LogP contribution in [0.1, 0.15) is 19.4 Å². The lowest BCUT2D eigenvalue weighted by atomic mass is 10.2. The van der Waals surface area contributed by atoms with Crippen LogP contribution in [0.3, 0.4) is 0 Å². The molecule has 4 heteroatoms. The fourth-order valence-corrected chi connectivity index (χ4v) is 1.76. The van der Waals surface area contributed by atoms with Gasteiger partial charge >= 0.3 is 0 Å².